The fourth-order valence-corrected chi connectivity index (χ4v) is 20.7. The largest absolute Gasteiger partial charge is 0.457 e. The second kappa shape index (κ2) is 34.0. The lowest BCUT2D eigenvalue weighted by Crippen LogP contribution is -2.44. The molecular weight excluding hydrogens is 1670 g/mol. The molecule has 0 fully saturated rings. The zero-order valence-electron chi connectivity index (χ0n) is 74.1. The average Bonchev–Trinajstić information content (AvgIpc) is 1.53. The Morgan fingerprint density at radius 1 is 0.259 bits per heavy atom. The number of hydrogen-bond donors (Lipinski definition) is 2. The topological polar surface area (TPSA) is 91.7 Å². The molecule has 648 valence electrons. The van der Waals surface area contributed by atoms with Crippen molar-refractivity contribution >= 4 is 124 Å². The maximum absolute atomic E-state index is 9.10. The molecule has 2 N–H and O–H groups in total. The van der Waals surface area contributed by atoms with Gasteiger partial charge < -0.3 is 38.3 Å². The van der Waals surface area contributed by atoms with Crippen molar-refractivity contribution in [3.8, 4) is 78.6 Å². The number of rotatable bonds is 10. The van der Waals surface area contributed by atoms with Gasteiger partial charge in [0.1, 0.15) is 53.2 Å². The predicted octanol–water partition coefficient (Wildman–Crippen LogP) is 32.7. The van der Waals surface area contributed by atoms with E-state index in [9.17, 15) is 0 Å². The van der Waals surface area contributed by atoms with Crippen molar-refractivity contribution in [2.24, 2.45) is 0 Å². The number of nitrogens with zero attached hydrogens (tertiary/aromatic N) is 2. The summed E-state index contributed by atoms with van der Waals surface area (Å²) >= 11 is 6.23. The Labute approximate surface area is 791 Å². The monoisotopic (exact) mass is 1760 g/mol. The van der Waals surface area contributed by atoms with Gasteiger partial charge >= 0.3 is 0 Å². The minimum atomic E-state index is -1.01. The van der Waals surface area contributed by atoms with Gasteiger partial charge in [0.2, 0.25) is 0 Å². The molecule has 10 heteroatoms. The second-order valence-electron chi connectivity index (χ2n) is 35.8. The van der Waals surface area contributed by atoms with Gasteiger partial charge in [-0.05, 0) is 243 Å². The number of anilines is 6. The van der Waals surface area contributed by atoms with Crippen molar-refractivity contribution in [1.29, 1.82) is 0 Å². The van der Waals surface area contributed by atoms with Crippen molar-refractivity contribution in [3.05, 3.63) is 498 Å². The number of para-hydroxylation sites is 8. The molecule has 2 radical (unpaired) electrons. The number of furan rings is 2. The highest BCUT2D eigenvalue weighted by Gasteiger charge is 2.54. The fourth-order valence-electron chi connectivity index (χ4n) is 20.6. The highest BCUT2D eigenvalue weighted by molar-refractivity contribution is 6.32. The van der Waals surface area contributed by atoms with E-state index >= 15 is 0 Å². The maximum Gasteiger partial charge on any atom is 0.135 e. The second-order valence-corrected chi connectivity index (χ2v) is 36.2. The molecule has 2 aliphatic heterocycles. The highest BCUT2D eigenvalue weighted by atomic mass is 35.5. The van der Waals surface area contributed by atoms with Crippen LogP contribution in [-0.4, -0.2) is 29.3 Å². The molecular formula is C125H92BClN2O6. The summed E-state index contributed by atoms with van der Waals surface area (Å²) in [6, 6.07) is 159. The van der Waals surface area contributed by atoms with E-state index in [1.807, 2.05) is 66.7 Å². The molecule has 0 saturated heterocycles. The molecule has 2 aliphatic carbocycles. The third kappa shape index (κ3) is 14.3. The van der Waals surface area contributed by atoms with Crippen LogP contribution in [0.3, 0.4) is 0 Å². The van der Waals surface area contributed by atoms with Gasteiger partial charge in [0, 0.05) is 82.7 Å². The molecule has 0 saturated carbocycles. The molecule has 0 amide bonds. The lowest BCUT2D eigenvalue weighted by molar-refractivity contribution is -0.107. The van der Waals surface area contributed by atoms with Gasteiger partial charge in [0.25, 0.3) is 0 Å². The highest BCUT2D eigenvalue weighted by Crippen LogP contribution is 2.66. The molecule has 4 heterocycles. The van der Waals surface area contributed by atoms with Crippen LogP contribution in [0.2, 0.25) is 5.02 Å². The van der Waals surface area contributed by atoms with E-state index in [2.05, 4.69) is 392 Å². The van der Waals surface area contributed by atoms with E-state index < -0.39 is 22.0 Å². The normalized spacial score (nSPS) is 12.9. The molecule has 4 aliphatic rings. The van der Waals surface area contributed by atoms with Crippen molar-refractivity contribution in [3.63, 3.8) is 0 Å². The summed E-state index contributed by atoms with van der Waals surface area (Å²) in [6.07, 6.45) is 0. The van der Waals surface area contributed by atoms with Crippen molar-refractivity contribution < 1.29 is 28.5 Å². The Bertz CT molecular complexity index is 8230. The van der Waals surface area contributed by atoms with Gasteiger partial charge in [-0.15, -0.1) is 0 Å². The van der Waals surface area contributed by atoms with Gasteiger partial charge in [-0.3, -0.25) is 0 Å². The molecule has 2 aromatic heterocycles. The summed E-state index contributed by atoms with van der Waals surface area (Å²) in [5, 5.41) is 28.3. The van der Waals surface area contributed by atoms with Gasteiger partial charge in [0.15, 0.2) is 0 Å². The zero-order valence-corrected chi connectivity index (χ0v) is 74.9. The third-order valence-electron chi connectivity index (χ3n) is 27.4. The first-order valence-corrected chi connectivity index (χ1v) is 45.8. The number of halogens is 1. The molecule has 22 aromatic rings. The first-order valence-electron chi connectivity index (χ1n) is 45.4. The molecule has 0 bridgehead atoms. The zero-order chi connectivity index (χ0) is 90.6. The molecule has 2 spiro atoms. The molecule has 26 rings (SSSR count). The summed E-state index contributed by atoms with van der Waals surface area (Å²) < 4.78 is 25.5. The molecule has 0 unspecified atom stereocenters. The first-order chi connectivity index (χ1) is 65.5. The summed E-state index contributed by atoms with van der Waals surface area (Å²) in [5.41, 5.74) is 29.4. The van der Waals surface area contributed by atoms with Gasteiger partial charge in [-0.2, -0.15) is 0 Å². The Balaban J connectivity index is 0.000000122. The van der Waals surface area contributed by atoms with E-state index in [4.69, 9.17) is 48.0 Å². The Hall–Kier alpha value is -16.0. The lowest BCUT2D eigenvalue weighted by Gasteiger charge is -2.40. The standard InChI is InChI=1S/C59H37NO2.C30H20ClNO.C29H17BO.C6H14O2.CH4/c1-2-14-39(15-3-1)44-17-6-10-22-53(44)60(43-32-35-55-49(37-43)47-19-7-11-23-54(47)61-55)42-30-26-38(27-31-42)41-29-33-46-48-34-28-40-16-4-5-18-45(40)58(48)59(52(46)36-41)50-20-8-12-24-56(50)62-57-25-13-9-21-51(57)59;31-22-14-16-23(17-15-22)32(28-12-6-4-10-25(28)21-8-2-1-3-9-21)24-18-19-30-27(20-24)26-11-5-7-13-29(26)33-30;30-19-14-16-21-22-15-13-18-7-1-2-8-20(18)28(22)29(25(21)17-19)23-9-3-5-11-26(23)31-27-12-6-4-10-24(27)29;1-5(2,7)6(3,4)8;/h1-37H;1-20H;1-17H;7-8H,1-4H3;1H4. The third-order valence-corrected chi connectivity index (χ3v) is 27.7. The van der Waals surface area contributed by atoms with E-state index in [-0.39, 0.29) is 7.43 Å². The van der Waals surface area contributed by atoms with Crippen LogP contribution in [-0.2, 0) is 10.8 Å². The van der Waals surface area contributed by atoms with Crippen LogP contribution >= 0.6 is 11.6 Å². The summed E-state index contributed by atoms with van der Waals surface area (Å²) in [7, 11) is 6.38. The molecule has 20 aromatic carbocycles. The molecule has 135 heavy (non-hydrogen) atoms. The van der Waals surface area contributed by atoms with Gasteiger partial charge in [0.05, 0.1) is 33.4 Å². The smallest absolute Gasteiger partial charge is 0.135 e. The predicted molar refractivity (Wildman–Crippen MR) is 559 cm³/mol. The summed E-state index contributed by atoms with van der Waals surface area (Å²) in [5.74, 6) is 3.58. The minimum Gasteiger partial charge on any atom is -0.457 e. The number of fused-ring (bicyclic) bond motifs is 28. The number of aliphatic hydroxyl groups is 2. The van der Waals surface area contributed by atoms with Crippen molar-refractivity contribution in [2.45, 2.75) is 57.2 Å². The fraction of sp³-hybridized carbons (Fsp3) is 0.0720. The van der Waals surface area contributed by atoms with E-state index in [0.717, 1.165) is 157 Å². The molecule has 8 nitrogen and oxygen atoms in total. The maximum atomic E-state index is 9.10. The van der Waals surface area contributed by atoms with E-state index in [1.165, 1.54) is 71.6 Å². The van der Waals surface area contributed by atoms with E-state index in [1.54, 1.807) is 27.7 Å². The minimum absolute atomic E-state index is 0. The lowest BCUT2D eigenvalue weighted by atomic mass is 9.64. The SMILES string of the molecule is C.CC(C)(O)C(C)(C)O.Clc1ccc(N(c2ccc3oc4ccccc4c3c2)c2ccccc2-c2ccccc2)cc1.[B]c1ccc2c(c1)C1(c3ccccc3Oc3ccccc31)c1c-2ccc2ccccc12.c1ccc(-c2ccccc2N(c2ccc(-c3ccc4c(c3)C3(c5ccccc5Oc5ccccc53)c3c-4ccc4ccccc34)cc2)c2ccc3oc4ccccc4c3c2)cc1. The van der Waals surface area contributed by atoms with Crippen LogP contribution < -0.4 is 24.7 Å². The number of ether oxygens (including phenoxy) is 2. The van der Waals surface area contributed by atoms with Gasteiger partial charge in [-0.25, -0.2) is 0 Å². The Morgan fingerprint density at radius 3 is 1.03 bits per heavy atom. The summed E-state index contributed by atoms with van der Waals surface area (Å²) in [6.45, 7) is 6.31. The van der Waals surface area contributed by atoms with Crippen LogP contribution in [0.1, 0.15) is 79.6 Å². The first kappa shape index (κ1) is 84.5. The van der Waals surface area contributed by atoms with Crippen LogP contribution in [0.5, 0.6) is 23.0 Å². The number of benzene rings is 20. The van der Waals surface area contributed by atoms with Crippen molar-refractivity contribution in [1.82, 2.24) is 0 Å². The average molecular weight is 1760 g/mol. The van der Waals surface area contributed by atoms with Crippen LogP contribution in [0.4, 0.5) is 34.1 Å². The van der Waals surface area contributed by atoms with Crippen LogP contribution in [0.15, 0.2) is 458 Å². The van der Waals surface area contributed by atoms with E-state index in [0.29, 0.717) is 5.02 Å². The Morgan fingerprint density at radius 2 is 0.593 bits per heavy atom. The quantitative estimate of drug-likeness (QED) is 0.131. The van der Waals surface area contributed by atoms with Crippen LogP contribution in [0, 0.1) is 0 Å². The van der Waals surface area contributed by atoms with Crippen LogP contribution in [0.25, 0.3) is 121 Å². The summed E-state index contributed by atoms with van der Waals surface area (Å²) in [4.78, 5) is 4.66. The number of hydrogen-bond acceptors (Lipinski definition) is 8. The Kier molecular flexibility index (Phi) is 21.3. The van der Waals surface area contributed by atoms with Gasteiger partial charge in [-0.1, -0.05) is 346 Å². The van der Waals surface area contributed by atoms with Crippen molar-refractivity contribution in [2.75, 3.05) is 9.80 Å². The molecule has 0 atom stereocenters.